The zero-order valence-electron chi connectivity index (χ0n) is 26.3. The van der Waals surface area contributed by atoms with Gasteiger partial charge in [0.1, 0.15) is 0 Å². The van der Waals surface area contributed by atoms with Crippen molar-refractivity contribution >= 4 is 59.8 Å². The molecular weight excluding hydrogens is 609 g/mol. The van der Waals surface area contributed by atoms with Gasteiger partial charge in [0.25, 0.3) is 11.8 Å². The van der Waals surface area contributed by atoms with Crippen LogP contribution >= 0.6 is 0 Å². The zero-order chi connectivity index (χ0) is 31.8. The fraction of sp³-hybridized carbons (Fsp3) is 0.122. The molecule has 6 aromatic carbocycles. The lowest BCUT2D eigenvalue weighted by atomic mass is 10.0. The van der Waals surface area contributed by atoms with Crippen LogP contribution in [-0.4, -0.2) is 50.5 Å². The van der Waals surface area contributed by atoms with Gasteiger partial charge in [-0.05, 0) is 68.7 Å². The van der Waals surface area contributed by atoms with Gasteiger partial charge in [-0.2, -0.15) is 0 Å². The summed E-state index contributed by atoms with van der Waals surface area (Å²) in [6.45, 7) is 1.18. The quantitative estimate of drug-likeness (QED) is 0.159. The van der Waals surface area contributed by atoms with Gasteiger partial charge in [0.05, 0.1) is 11.1 Å². The number of benzene rings is 6. The van der Waals surface area contributed by atoms with Crippen molar-refractivity contribution in [3.63, 3.8) is 0 Å². The van der Waals surface area contributed by atoms with Crippen LogP contribution in [0.5, 0.6) is 0 Å². The molecule has 2 heterocycles. The standard InChI is InChI=1S/C41H36N2O2Si2/c44-40-38-30-32-16-13-14-17-33(32)31-39(38)41(45)42(40)26-15-27-43-46(34-18-5-1-6-19-34,35-20-7-2-8-21-35)28-29-47(43,36-22-9-3-10-23-36)37-24-11-4-12-25-37/h1-14,16-25,30-31H,15,26-29H2. The number of imide groups is 1. The predicted octanol–water partition coefficient (Wildman–Crippen LogP) is 5.66. The van der Waals surface area contributed by atoms with Gasteiger partial charge in [-0.3, -0.25) is 14.5 Å². The molecule has 0 spiro atoms. The Hall–Kier alpha value is -4.89. The lowest BCUT2D eigenvalue weighted by molar-refractivity contribution is 0.0652. The van der Waals surface area contributed by atoms with Gasteiger partial charge in [-0.1, -0.05) is 146 Å². The smallest absolute Gasteiger partial charge is 0.261 e. The molecule has 230 valence electrons. The van der Waals surface area contributed by atoms with E-state index in [4.69, 9.17) is 0 Å². The van der Waals surface area contributed by atoms with Crippen molar-refractivity contribution < 1.29 is 9.59 Å². The van der Waals surface area contributed by atoms with Gasteiger partial charge in [-0.25, -0.2) is 0 Å². The predicted molar refractivity (Wildman–Crippen MR) is 196 cm³/mol. The second kappa shape index (κ2) is 12.0. The van der Waals surface area contributed by atoms with E-state index in [1.165, 1.54) is 25.6 Å². The lowest BCUT2D eigenvalue weighted by Gasteiger charge is -2.47. The molecule has 0 bridgehead atoms. The average Bonchev–Trinajstić information content (AvgIpc) is 3.61. The van der Waals surface area contributed by atoms with E-state index >= 15 is 0 Å². The van der Waals surface area contributed by atoms with Crippen molar-refractivity contribution in [2.75, 3.05) is 13.1 Å². The summed E-state index contributed by atoms with van der Waals surface area (Å²) in [4.78, 5) is 28.9. The largest absolute Gasteiger partial charge is 0.331 e. The molecule has 0 aliphatic carbocycles. The normalized spacial score (nSPS) is 16.9. The van der Waals surface area contributed by atoms with E-state index in [0.717, 1.165) is 29.4 Å². The Morgan fingerprint density at radius 2 is 0.787 bits per heavy atom. The van der Waals surface area contributed by atoms with E-state index in [1.807, 2.05) is 36.4 Å². The van der Waals surface area contributed by atoms with Crippen molar-refractivity contribution in [2.45, 2.75) is 18.5 Å². The molecule has 47 heavy (non-hydrogen) atoms. The molecule has 2 amide bonds. The number of hydrogen-bond donors (Lipinski definition) is 0. The van der Waals surface area contributed by atoms with Crippen LogP contribution in [0.1, 0.15) is 27.1 Å². The topological polar surface area (TPSA) is 40.6 Å². The summed E-state index contributed by atoms with van der Waals surface area (Å²) in [5.74, 6) is -0.358. The minimum Gasteiger partial charge on any atom is -0.331 e. The Kier molecular flexibility index (Phi) is 7.56. The van der Waals surface area contributed by atoms with Crippen LogP contribution in [0.2, 0.25) is 12.1 Å². The molecule has 6 heteroatoms. The molecule has 0 aromatic heterocycles. The summed E-state index contributed by atoms with van der Waals surface area (Å²) in [6, 6.07) is 58.5. The number of carbonyl (C=O) groups excluding carboxylic acids is 2. The lowest BCUT2D eigenvalue weighted by Crippen LogP contribution is -2.78. The maximum Gasteiger partial charge on any atom is 0.261 e. The highest BCUT2D eigenvalue weighted by Gasteiger charge is 2.60. The van der Waals surface area contributed by atoms with E-state index in [9.17, 15) is 9.59 Å². The molecule has 0 radical (unpaired) electrons. The fourth-order valence-corrected chi connectivity index (χ4v) is 23.7. The van der Waals surface area contributed by atoms with Crippen LogP contribution in [0.25, 0.3) is 10.8 Å². The molecule has 8 rings (SSSR count). The first-order chi connectivity index (χ1) is 23.1. The molecule has 2 aliphatic rings. The Bertz CT molecular complexity index is 1850. The van der Waals surface area contributed by atoms with Crippen LogP contribution in [0.4, 0.5) is 0 Å². The number of rotatable bonds is 8. The van der Waals surface area contributed by atoms with Gasteiger partial charge in [-0.15, -0.1) is 0 Å². The van der Waals surface area contributed by atoms with Gasteiger partial charge in [0.15, 0.2) is 16.5 Å². The molecular formula is C41H36N2O2Si2. The number of hydrogen-bond acceptors (Lipinski definition) is 3. The number of fused-ring (bicyclic) bond motifs is 2. The molecule has 4 nitrogen and oxygen atoms in total. The monoisotopic (exact) mass is 644 g/mol. The first-order valence-corrected chi connectivity index (χ1v) is 20.8. The maximum atomic E-state index is 13.7. The highest BCUT2D eigenvalue weighted by atomic mass is 28.4. The molecule has 1 saturated heterocycles. The number of nitrogens with zero attached hydrogens (tertiary/aromatic N) is 2. The minimum absolute atomic E-state index is 0.179. The first-order valence-electron chi connectivity index (χ1n) is 16.5. The van der Waals surface area contributed by atoms with Gasteiger partial charge < -0.3 is 4.23 Å². The van der Waals surface area contributed by atoms with Crippen LogP contribution in [0, 0.1) is 0 Å². The van der Waals surface area contributed by atoms with Crippen molar-refractivity contribution in [3.8, 4) is 0 Å². The molecule has 0 unspecified atom stereocenters. The zero-order valence-corrected chi connectivity index (χ0v) is 28.3. The van der Waals surface area contributed by atoms with Crippen LogP contribution < -0.4 is 20.7 Å². The second-order valence-corrected chi connectivity index (χ2v) is 21.0. The van der Waals surface area contributed by atoms with Crippen LogP contribution in [-0.2, 0) is 0 Å². The molecule has 2 aliphatic heterocycles. The third-order valence-electron chi connectivity index (χ3n) is 10.4. The van der Waals surface area contributed by atoms with E-state index in [1.54, 1.807) is 0 Å². The highest BCUT2D eigenvalue weighted by molar-refractivity contribution is 7.17. The van der Waals surface area contributed by atoms with E-state index in [2.05, 4.69) is 126 Å². The van der Waals surface area contributed by atoms with Crippen molar-refractivity contribution in [1.82, 2.24) is 9.13 Å². The van der Waals surface area contributed by atoms with Crippen molar-refractivity contribution in [3.05, 3.63) is 169 Å². The molecule has 6 aromatic rings. The Balaban J connectivity index is 1.23. The second-order valence-electron chi connectivity index (χ2n) is 12.7. The summed E-state index contributed by atoms with van der Waals surface area (Å²) in [7, 11) is -5.03. The molecule has 0 saturated carbocycles. The average molecular weight is 645 g/mol. The summed E-state index contributed by atoms with van der Waals surface area (Å²) >= 11 is 0. The van der Waals surface area contributed by atoms with E-state index < -0.39 is 16.5 Å². The number of carbonyl (C=O) groups is 2. The summed E-state index contributed by atoms with van der Waals surface area (Å²) in [5.41, 5.74) is 1.04. The highest BCUT2D eigenvalue weighted by Crippen LogP contribution is 2.37. The molecule has 1 fully saturated rings. The molecule has 0 N–H and O–H groups in total. The first kappa shape index (κ1) is 29.5. The number of amides is 2. The van der Waals surface area contributed by atoms with Crippen molar-refractivity contribution in [2.24, 2.45) is 0 Å². The SMILES string of the molecule is O=C1c2cc3ccccc3cc2C(=O)N1CCCN1[Si](c2ccccc2)(c2ccccc2)CC[Si]1(c1ccccc1)c1ccccc1. The maximum absolute atomic E-state index is 13.7. The Morgan fingerprint density at radius 1 is 0.447 bits per heavy atom. The summed E-state index contributed by atoms with van der Waals surface area (Å²) < 4.78 is 2.96. The van der Waals surface area contributed by atoms with E-state index in [-0.39, 0.29) is 11.8 Å². The van der Waals surface area contributed by atoms with Gasteiger partial charge >= 0.3 is 0 Å². The van der Waals surface area contributed by atoms with Crippen LogP contribution in [0.3, 0.4) is 0 Å². The summed E-state index contributed by atoms with van der Waals surface area (Å²) in [6.07, 6.45) is 0.702. The fourth-order valence-electron chi connectivity index (χ4n) is 8.30. The Labute approximate surface area is 278 Å². The summed E-state index contributed by atoms with van der Waals surface area (Å²) in [5, 5.41) is 7.63. The van der Waals surface area contributed by atoms with Crippen molar-refractivity contribution in [1.29, 1.82) is 0 Å². The van der Waals surface area contributed by atoms with E-state index in [0.29, 0.717) is 24.1 Å². The van der Waals surface area contributed by atoms with Gasteiger partial charge in [0, 0.05) is 6.54 Å². The molecule has 0 atom stereocenters. The third-order valence-corrected chi connectivity index (χ3v) is 22.6. The van der Waals surface area contributed by atoms with Crippen LogP contribution in [0.15, 0.2) is 158 Å². The minimum atomic E-state index is -2.52. The Morgan fingerprint density at radius 3 is 1.15 bits per heavy atom. The third kappa shape index (κ3) is 4.75. The van der Waals surface area contributed by atoms with Gasteiger partial charge in [0.2, 0.25) is 0 Å².